The molecule has 0 unspecified atom stereocenters. The summed E-state index contributed by atoms with van der Waals surface area (Å²) < 4.78 is 6.11. The van der Waals surface area contributed by atoms with Gasteiger partial charge in [0.1, 0.15) is 17.8 Å². The van der Waals surface area contributed by atoms with Crippen molar-refractivity contribution in [2.45, 2.75) is 52.4 Å². The summed E-state index contributed by atoms with van der Waals surface area (Å²) in [5.41, 5.74) is 0.723. The van der Waals surface area contributed by atoms with E-state index >= 15 is 0 Å². The van der Waals surface area contributed by atoms with Gasteiger partial charge in [-0.2, -0.15) is 0 Å². The van der Waals surface area contributed by atoms with Crippen LogP contribution in [0.3, 0.4) is 0 Å². The lowest BCUT2D eigenvalue weighted by Crippen LogP contribution is -2.50. The lowest BCUT2D eigenvalue weighted by atomic mass is 10.00. The fraction of sp³-hybridized carbons (Fsp3) is 0.591. The zero-order chi connectivity index (χ0) is 22.4. The van der Waals surface area contributed by atoms with Gasteiger partial charge in [-0.25, -0.2) is 4.98 Å². The summed E-state index contributed by atoms with van der Waals surface area (Å²) in [6.45, 7) is 7.62. The highest BCUT2D eigenvalue weighted by Crippen LogP contribution is 2.27. The number of nitrogens with zero attached hydrogens (tertiary/aromatic N) is 3. The third kappa shape index (κ3) is 5.71. The van der Waals surface area contributed by atoms with Crippen LogP contribution >= 0.6 is 0 Å². The normalized spacial score (nSPS) is 20.6. The molecular formula is C22H31N3O5. The highest BCUT2D eigenvalue weighted by Gasteiger charge is 2.34. The van der Waals surface area contributed by atoms with Crippen LogP contribution in [0.4, 0.5) is 0 Å². The molecule has 2 N–H and O–H groups in total. The summed E-state index contributed by atoms with van der Waals surface area (Å²) in [6, 6.07) is 1.19. The van der Waals surface area contributed by atoms with Crippen molar-refractivity contribution >= 4 is 11.8 Å². The summed E-state index contributed by atoms with van der Waals surface area (Å²) >= 11 is 0. The molecule has 0 saturated heterocycles. The first-order chi connectivity index (χ1) is 14.2. The summed E-state index contributed by atoms with van der Waals surface area (Å²) in [4.78, 5) is 32.8. The van der Waals surface area contributed by atoms with E-state index in [0.717, 1.165) is 0 Å². The Morgan fingerprint density at radius 3 is 2.77 bits per heavy atom. The van der Waals surface area contributed by atoms with Crippen LogP contribution in [-0.4, -0.2) is 81.8 Å². The number of amides is 2. The molecule has 2 rings (SSSR count). The van der Waals surface area contributed by atoms with Crippen LogP contribution < -0.4 is 4.74 Å². The number of carbonyl (C=O) groups excluding carboxylic acids is 2. The van der Waals surface area contributed by atoms with Crippen LogP contribution in [0, 0.1) is 17.8 Å². The molecule has 1 aromatic rings. The molecule has 0 saturated carbocycles. The second kappa shape index (κ2) is 10.4. The Bertz CT molecular complexity index is 830. The zero-order valence-corrected chi connectivity index (χ0v) is 18.3. The van der Waals surface area contributed by atoms with Crippen molar-refractivity contribution in [1.29, 1.82) is 0 Å². The van der Waals surface area contributed by atoms with Crippen molar-refractivity contribution in [3.63, 3.8) is 0 Å². The Labute approximate surface area is 177 Å². The average molecular weight is 418 g/mol. The molecule has 0 spiro atoms. The minimum atomic E-state index is -0.804. The van der Waals surface area contributed by atoms with E-state index in [2.05, 4.69) is 16.8 Å². The predicted molar refractivity (Wildman–Crippen MR) is 112 cm³/mol. The molecule has 4 atom stereocenters. The van der Waals surface area contributed by atoms with Crippen LogP contribution in [0.25, 0.3) is 0 Å². The van der Waals surface area contributed by atoms with Crippen molar-refractivity contribution < 1.29 is 24.5 Å². The summed E-state index contributed by atoms with van der Waals surface area (Å²) in [6.07, 6.45) is 0.699. The molecular weight excluding hydrogens is 386 g/mol. The van der Waals surface area contributed by atoms with E-state index in [1.165, 1.54) is 6.20 Å². The Balaban J connectivity index is 2.47. The fourth-order valence-corrected chi connectivity index (χ4v) is 3.22. The van der Waals surface area contributed by atoms with Crippen molar-refractivity contribution in [2.24, 2.45) is 5.92 Å². The Hall–Kier alpha value is -2.63. The van der Waals surface area contributed by atoms with E-state index in [9.17, 15) is 19.8 Å². The molecule has 1 aliphatic rings. The number of carbonyl (C=O) groups is 2. The molecule has 1 aromatic heterocycles. The second-order valence-corrected chi connectivity index (χ2v) is 7.77. The number of ether oxygens (including phenoxy) is 1. The fourth-order valence-electron chi connectivity index (χ4n) is 3.22. The monoisotopic (exact) mass is 417 g/mol. The van der Waals surface area contributed by atoms with Crippen LogP contribution in [0.2, 0.25) is 0 Å². The van der Waals surface area contributed by atoms with E-state index < -0.39 is 12.1 Å². The molecule has 2 amide bonds. The molecule has 0 bridgehead atoms. The number of aromatic nitrogens is 1. The van der Waals surface area contributed by atoms with E-state index in [4.69, 9.17) is 4.74 Å². The van der Waals surface area contributed by atoms with E-state index in [1.807, 2.05) is 6.92 Å². The number of rotatable bonds is 5. The van der Waals surface area contributed by atoms with Crippen molar-refractivity contribution in [2.75, 3.05) is 26.7 Å². The maximum atomic E-state index is 13.2. The molecule has 0 fully saturated rings. The number of aliphatic hydroxyl groups is 2. The SMILES string of the molecule is CCC(=O)N(C)C[C@@H]1Oc2ncc(C#C[C@@H](C)O)cc2C(=O)N([C@@H](C)CO)C[C@H]1C. The topological polar surface area (TPSA) is 103 Å². The maximum Gasteiger partial charge on any atom is 0.259 e. The Kier molecular flexibility index (Phi) is 8.21. The second-order valence-electron chi connectivity index (χ2n) is 7.77. The highest BCUT2D eigenvalue weighted by atomic mass is 16.5. The van der Waals surface area contributed by atoms with Gasteiger partial charge in [0.05, 0.1) is 19.2 Å². The van der Waals surface area contributed by atoms with Crippen LogP contribution in [-0.2, 0) is 4.79 Å². The maximum absolute atomic E-state index is 13.2. The number of likely N-dealkylation sites (N-methyl/N-ethyl adjacent to an activating group) is 1. The molecule has 8 heteroatoms. The minimum absolute atomic E-state index is 0.00134. The summed E-state index contributed by atoms with van der Waals surface area (Å²) in [5, 5.41) is 19.1. The molecule has 30 heavy (non-hydrogen) atoms. The van der Waals surface area contributed by atoms with Crippen LogP contribution in [0.5, 0.6) is 5.88 Å². The highest BCUT2D eigenvalue weighted by molar-refractivity contribution is 5.97. The lowest BCUT2D eigenvalue weighted by molar-refractivity contribution is -0.131. The van der Waals surface area contributed by atoms with E-state index in [1.54, 1.807) is 43.7 Å². The number of hydrogen-bond acceptors (Lipinski definition) is 6. The Morgan fingerprint density at radius 1 is 1.47 bits per heavy atom. The predicted octanol–water partition coefficient (Wildman–Crippen LogP) is 0.902. The molecule has 164 valence electrons. The van der Waals surface area contributed by atoms with Gasteiger partial charge >= 0.3 is 0 Å². The molecule has 8 nitrogen and oxygen atoms in total. The Morgan fingerprint density at radius 2 is 2.17 bits per heavy atom. The number of fused-ring (bicyclic) bond motifs is 1. The van der Waals surface area contributed by atoms with Gasteiger partial charge in [0.25, 0.3) is 5.91 Å². The van der Waals surface area contributed by atoms with Gasteiger partial charge < -0.3 is 24.7 Å². The van der Waals surface area contributed by atoms with Crippen LogP contribution in [0.15, 0.2) is 12.3 Å². The van der Waals surface area contributed by atoms with Gasteiger partial charge in [-0.1, -0.05) is 25.7 Å². The van der Waals surface area contributed by atoms with Crippen LogP contribution in [0.1, 0.15) is 50.0 Å². The van der Waals surface area contributed by atoms with E-state index in [0.29, 0.717) is 25.1 Å². The van der Waals surface area contributed by atoms with Gasteiger partial charge in [-0.15, -0.1) is 0 Å². The third-order valence-electron chi connectivity index (χ3n) is 5.13. The molecule has 0 aromatic carbocycles. The molecule has 1 aliphatic heterocycles. The van der Waals surface area contributed by atoms with Gasteiger partial charge in [0.2, 0.25) is 11.8 Å². The number of hydrogen-bond donors (Lipinski definition) is 2. The van der Waals surface area contributed by atoms with Crippen molar-refractivity contribution in [1.82, 2.24) is 14.8 Å². The largest absolute Gasteiger partial charge is 0.472 e. The van der Waals surface area contributed by atoms with Gasteiger partial charge in [0, 0.05) is 37.7 Å². The first-order valence-electron chi connectivity index (χ1n) is 10.2. The zero-order valence-electron chi connectivity index (χ0n) is 18.3. The smallest absolute Gasteiger partial charge is 0.259 e. The van der Waals surface area contributed by atoms with Gasteiger partial charge in [-0.3, -0.25) is 9.59 Å². The number of aliphatic hydroxyl groups excluding tert-OH is 2. The quantitative estimate of drug-likeness (QED) is 0.690. The first-order valence-corrected chi connectivity index (χ1v) is 10.2. The summed E-state index contributed by atoms with van der Waals surface area (Å²) in [7, 11) is 1.73. The number of pyridine rings is 1. The molecule has 2 heterocycles. The third-order valence-corrected chi connectivity index (χ3v) is 5.13. The lowest BCUT2D eigenvalue weighted by Gasteiger charge is -2.37. The van der Waals surface area contributed by atoms with Crippen molar-refractivity contribution in [3.05, 3.63) is 23.4 Å². The molecule has 0 aliphatic carbocycles. The van der Waals surface area contributed by atoms with Crippen molar-refractivity contribution in [3.8, 4) is 17.7 Å². The standard InChI is InChI=1S/C22H31N3O5/c1-6-20(28)24(5)12-19-14(2)11-25(15(3)13-26)22(29)18-9-17(8-7-16(4)27)10-23-21(18)30-19/h9-10,14-16,19,26-27H,6,11-13H2,1-5H3/t14-,15+,16-,19+/m1/s1. The first kappa shape index (κ1) is 23.6. The van der Waals surface area contributed by atoms with Gasteiger partial charge in [-0.05, 0) is 19.9 Å². The summed E-state index contributed by atoms with van der Waals surface area (Å²) in [5.74, 6) is 5.20. The average Bonchev–Trinajstić information content (AvgIpc) is 2.73. The van der Waals surface area contributed by atoms with Gasteiger partial charge in [0.15, 0.2) is 0 Å². The van der Waals surface area contributed by atoms with E-state index in [-0.39, 0.29) is 41.9 Å². The minimum Gasteiger partial charge on any atom is -0.472 e. The molecule has 0 radical (unpaired) electrons.